The van der Waals surface area contributed by atoms with Crippen molar-refractivity contribution in [3.05, 3.63) is 79.3 Å². The molecule has 0 saturated carbocycles. The van der Waals surface area contributed by atoms with Gasteiger partial charge in [0.25, 0.3) is 5.69 Å². The Morgan fingerprint density at radius 3 is 2.84 bits per heavy atom. The lowest BCUT2D eigenvalue weighted by Crippen LogP contribution is -2.31. The van der Waals surface area contributed by atoms with Gasteiger partial charge in [-0.05, 0) is 30.2 Å². The predicted molar refractivity (Wildman–Crippen MR) is 119 cm³/mol. The minimum absolute atomic E-state index is 0.0119. The molecule has 31 heavy (non-hydrogen) atoms. The van der Waals surface area contributed by atoms with E-state index in [1.54, 1.807) is 31.2 Å². The largest absolute Gasteiger partial charge is 0.325 e. The topological polar surface area (TPSA) is 125 Å². The summed E-state index contributed by atoms with van der Waals surface area (Å²) in [5.74, 6) is -1.33. The van der Waals surface area contributed by atoms with Crippen molar-refractivity contribution in [3.63, 3.8) is 0 Å². The molecule has 1 heterocycles. The third-order valence-corrected chi connectivity index (χ3v) is 6.16. The molecule has 0 fully saturated rings. The predicted octanol–water partition coefficient (Wildman–Crippen LogP) is 4.27. The van der Waals surface area contributed by atoms with Crippen molar-refractivity contribution in [2.24, 2.45) is 0 Å². The lowest BCUT2D eigenvalue weighted by molar-refractivity contribution is -0.384. The number of rotatable bonds is 6. The van der Waals surface area contributed by atoms with Crippen LogP contribution in [-0.4, -0.2) is 22.5 Å². The summed E-state index contributed by atoms with van der Waals surface area (Å²) in [5.41, 5.74) is 1.95. The first-order valence-electron chi connectivity index (χ1n) is 9.16. The van der Waals surface area contributed by atoms with Crippen LogP contribution in [0, 0.1) is 28.4 Å². The first-order chi connectivity index (χ1) is 14.8. The number of hydrogen-bond acceptors (Lipinski definition) is 6. The van der Waals surface area contributed by atoms with E-state index in [0.717, 1.165) is 17.3 Å². The Morgan fingerprint density at radius 1 is 1.39 bits per heavy atom. The van der Waals surface area contributed by atoms with E-state index in [2.05, 4.69) is 16.7 Å². The highest BCUT2D eigenvalue weighted by Crippen LogP contribution is 2.37. The molecule has 0 bridgehead atoms. The normalized spacial score (nSPS) is 15.8. The van der Waals surface area contributed by atoms with Gasteiger partial charge >= 0.3 is 0 Å². The number of benzene rings is 2. The second kappa shape index (κ2) is 9.64. The first-order valence-corrected chi connectivity index (χ1v) is 10.5. The summed E-state index contributed by atoms with van der Waals surface area (Å²) in [6.45, 7) is 1.78. The number of nitro groups is 1. The van der Waals surface area contributed by atoms with Gasteiger partial charge in [0, 0.05) is 35.2 Å². The van der Waals surface area contributed by atoms with E-state index < -0.39 is 10.8 Å². The van der Waals surface area contributed by atoms with Crippen LogP contribution in [0.1, 0.15) is 23.5 Å². The maximum absolute atomic E-state index is 12.4. The minimum Gasteiger partial charge on any atom is -0.325 e. The van der Waals surface area contributed by atoms with E-state index in [4.69, 9.17) is 11.6 Å². The Hall–Kier alpha value is -3.35. The van der Waals surface area contributed by atoms with Crippen molar-refractivity contribution >= 4 is 46.6 Å². The number of carbonyl (C=O) groups excluding carboxylic acids is 2. The number of hydrogen-bond donors (Lipinski definition) is 2. The Morgan fingerprint density at radius 2 is 2.13 bits per heavy atom. The highest BCUT2D eigenvalue weighted by Gasteiger charge is 2.30. The molecule has 1 aliphatic rings. The fraction of sp³-hybridized carbons (Fsp3) is 0.190. The summed E-state index contributed by atoms with van der Waals surface area (Å²) in [7, 11) is 0. The number of nitrogens with one attached hydrogen (secondary N) is 2. The number of nitro benzene ring substituents is 1. The number of nitriles is 1. The quantitative estimate of drug-likeness (QED) is 0.494. The number of thioether (sulfide) groups is 1. The van der Waals surface area contributed by atoms with Crippen LogP contribution in [0.15, 0.2) is 53.1 Å². The molecule has 2 N–H and O–H groups in total. The van der Waals surface area contributed by atoms with Crippen molar-refractivity contribution in [2.45, 2.75) is 19.3 Å². The summed E-state index contributed by atoms with van der Waals surface area (Å²) >= 11 is 7.09. The summed E-state index contributed by atoms with van der Waals surface area (Å²) < 4.78 is 0. The molecule has 0 unspecified atom stereocenters. The molecule has 0 spiro atoms. The molecule has 0 aliphatic carbocycles. The maximum Gasteiger partial charge on any atom is 0.269 e. The lowest BCUT2D eigenvalue weighted by Gasteiger charge is -2.25. The Labute approximate surface area is 187 Å². The van der Waals surface area contributed by atoms with Gasteiger partial charge < -0.3 is 10.6 Å². The number of non-ortho nitro benzene ring substituents is 1. The zero-order valence-electron chi connectivity index (χ0n) is 16.3. The van der Waals surface area contributed by atoms with E-state index in [1.807, 2.05) is 0 Å². The third kappa shape index (κ3) is 5.23. The van der Waals surface area contributed by atoms with Crippen molar-refractivity contribution in [1.82, 2.24) is 5.32 Å². The molecule has 2 amide bonds. The van der Waals surface area contributed by atoms with E-state index in [0.29, 0.717) is 16.3 Å². The molecule has 0 saturated heterocycles. The van der Waals surface area contributed by atoms with Gasteiger partial charge in [-0.15, -0.1) is 0 Å². The highest BCUT2D eigenvalue weighted by molar-refractivity contribution is 8.03. The Bertz CT molecular complexity index is 1140. The van der Waals surface area contributed by atoms with Crippen LogP contribution in [0.25, 0.3) is 0 Å². The fourth-order valence-electron chi connectivity index (χ4n) is 3.14. The summed E-state index contributed by atoms with van der Waals surface area (Å²) in [6, 6.07) is 13.1. The summed E-state index contributed by atoms with van der Waals surface area (Å²) in [5, 5.41) is 27.0. The van der Waals surface area contributed by atoms with Crippen LogP contribution >= 0.6 is 23.4 Å². The van der Waals surface area contributed by atoms with Crippen LogP contribution < -0.4 is 10.6 Å². The van der Waals surface area contributed by atoms with Crippen molar-refractivity contribution < 1.29 is 14.5 Å². The molecule has 1 atom stereocenters. The van der Waals surface area contributed by atoms with Crippen molar-refractivity contribution in [1.29, 1.82) is 5.26 Å². The zero-order valence-corrected chi connectivity index (χ0v) is 17.9. The van der Waals surface area contributed by atoms with Crippen molar-refractivity contribution in [2.75, 3.05) is 11.1 Å². The molecule has 0 radical (unpaired) electrons. The van der Waals surface area contributed by atoms with E-state index >= 15 is 0 Å². The van der Waals surface area contributed by atoms with Crippen LogP contribution in [0.3, 0.4) is 0 Å². The minimum atomic E-state index is -0.626. The Kier molecular flexibility index (Phi) is 6.95. The number of allylic oxidation sites excluding steroid dienone is 1. The highest BCUT2D eigenvalue weighted by atomic mass is 35.5. The van der Waals surface area contributed by atoms with Crippen LogP contribution in [0.4, 0.5) is 11.4 Å². The number of carbonyl (C=O) groups is 2. The smallest absolute Gasteiger partial charge is 0.269 e. The number of amides is 2. The molecule has 10 heteroatoms. The Balaban J connectivity index is 1.80. The lowest BCUT2D eigenvalue weighted by atomic mass is 9.87. The molecular weight excluding hydrogens is 440 g/mol. The first kappa shape index (κ1) is 22.3. The molecule has 2 aromatic rings. The maximum atomic E-state index is 12.4. The van der Waals surface area contributed by atoms with Gasteiger partial charge in [0.2, 0.25) is 11.8 Å². The third-order valence-electron chi connectivity index (χ3n) is 4.73. The second-order valence-electron chi connectivity index (χ2n) is 6.76. The van der Waals surface area contributed by atoms with Crippen molar-refractivity contribution in [3.8, 4) is 6.07 Å². The molecule has 158 valence electrons. The molecule has 8 nitrogen and oxygen atoms in total. The van der Waals surface area contributed by atoms with Gasteiger partial charge in [0.15, 0.2) is 0 Å². The fourth-order valence-corrected chi connectivity index (χ4v) is 4.19. The average molecular weight is 457 g/mol. The van der Waals surface area contributed by atoms with Crippen LogP contribution in [0.2, 0.25) is 5.02 Å². The summed E-state index contributed by atoms with van der Waals surface area (Å²) in [4.78, 5) is 35.2. The second-order valence-corrected chi connectivity index (χ2v) is 8.15. The monoisotopic (exact) mass is 456 g/mol. The summed E-state index contributed by atoms with van der Waals surface area (Å²) in [6.07, 6.45) is -0.0119. The molecule has 0 aromatic heterocycles. The SMILES string of the molecule is Cc1c(Cl)cccc1NC(=O)CSC1=C(C#N)[C@@H](c2cccc([N+](=O)[O-])c2)CC(=O)N1. The van der Waals surface area contributed by atoms with Gasteiger partial charge in [-0.25, -0.2) is 0 Å². The number of anilines is 1. The van der Waals surface area contributed by atoms with Gasteiger partial charge in [0.05, 0.1) is 27.3 Å². The standard InChI is InChI=1S/C21H17ClN4O4S/c1-12-17(22)6-3-7-18(12)24-20(28)11-31-21-16(10-23)15(9-19(27)25-21)13-4-2-5-14(8-13)26(29)30/h2-8,15H,9,11H2,1H3,(H,24,28)(H,25,27)/t15-/m1/s1. The zero-order chi connectivity index (χ0) is 22.5. The van der Waals surface area contributed by atoms with Gasteiger partial charge in [-0.2, -0.15) is 5.26 Å². The average Bonchev–Trinajstić information content (AvgIpc) is 2.75. The van der Waals surface area contributed by atoms with Gasteiger partial charge in [0.1, 0.15) is 0 Å². The van der Waals surface area contributed by atoms with Crippen LogP contribution in [-0.2, 0) is 9.59 Å². The van der Waals surface area contributed by atoms with Gasteiger partial charge in [-0.3, -0.25) is 19.7 Å². The van der Waals surface area contributed by atoms with E-state index in [-0.39, 0.29) is 40.3 Å². The van der Waals surface area contributed by atoms with Crippen LogP contribution in [0.5, 0.6) is 0 Å². The molecular formula is C21H17ClN4O4S. The van der Waals surface area contributed by atoms with E-state index in [9.17, 15) is 25.0 Å². The molecule has 3 rings (SSSR count). The molecule has 2 aromatic carbocycles. The number of nitrogens with zero attached hydrogens (tertiary/aromatic N) is 2. The van der Waals surface area contributed by atoms with E-state index in [1.165, 1.54) is 18.2 Å². The number of halogens is 1. The molecule has 1 aliphatic heterocycles. The van der Waals surface area contributed by atoms with Gasteiger partial charge in [-0.1, -0.05) is 41.6 Å².